The summed E-state index contributed by atoms with van der Waals surface area (Å²) in [6, 6.07) is 0. The van der Waals surface area contributed by atoms with Gasteiger partial charge in [0.25, 0.3) is 0 Å². The molecule has 0 aliphatic rings. The first kappa shape index (κ1) is 22.2. The lowest BCUT2D eigenvalue weighted by Crippen LogP contribution is -2.39. The first-order valence-corrected chi connectivity index (χ1v) is 8.09. The summed E-state index contributed by atoms with van der Waals surface area (Å²) in [7, 11) is 1.84. The van der Waals surface area contributed by atoms with Gasteiger partial charge in [0.1, 0.15) is 5.60 Å². The quantitative estimate of drug-likeness (QED) is 0.253. The second kappa shape index (κ2) is 10.9. The maximum atomic E-state index is 10.5. The second-order valence-corrected chi connectivity index (χ2v) is 6.33. The number of hydrogen-bond donors (Lipinski definition) is 3. The van der Waals surface area contributed by atoms with Crippen molar-refractivity contribution in [3.63, 3.8) is 0 Å². The molecule has 134 valence electrons. The fourth-order valence-electron chi connectivity index (χ4n) is 2.08. The third-order valence-corrected chi connectivity index (χ3v) is 3.47. The Morgan fingerprint density at radius 3 is 2.65 bits per heavy atom. The van der Waals surface area contributed by atoms with E-state index in [-0.39, 0.29) is 30.5 Å². The van der Waals surface area contributed by atoms with Gasteiger partial charge in [-0.3, -0.25) is 4.68 Å². The summed E-state index contributed by atoms with van der Waals surface area (Å²) >= 11 is 0. The van der Waals surface area contributed by atoms with Gasteiger partial charge >= 0.3 is 0 Å². The van der Waals surface area contributed by atoms with Gasteiger partial charge in [-0.25, -0.2) is 4.99 Å². The van der Waals surface area contributed by atoms with Crippen molar-refractivity contribution in [2.75, 3.05) is 19.6 Å². The van der Waals surface area contributed by atoms with Gasteiger partial charge in [0.05, 0.1) is 12.7 Å². The van der Waals surface area contributed by atoms with Crippen LogP contribution in [-0.2, 0) is 12.6 Å². The number of guanidine groups is 1. The van der Waals surface area contributed by atoms with E-state index in [2.05, 4.69) is 34.6 Å². The molecular formula is C16H32IN5O. The maximum absolute atomic E-state index is 10.5. The van der Waals surface area contributed by atoms with Crippen LogP contribution in [0.25, 0.3) is 0 Å². The van der Waals surface area contributed by atoms with E-state index in [1.807, 2.05) is 20.2 Å². The highest BCUT2D eigenvalue weighted by atomic mass is 127. The highest BCUT2D eigenvalue weighted by molar-refractivity contribution is 14.0. The molecule has 0 spiro atoms. The number of aliphatic imine (C=N–C) groups is 1. The summed E-state index contributed by atoms with van der Waals surface area (Å²) in [6.45, 7) is 10.2. The second-order valence-electron chi connectivity index (χ2n) is 6.33. The fourth-order valence-corrected chi connectivity index (χ4v) is 2.08. The third-order valence-electron chi connectivity index (χ3n) is 3.47. The molecule has 1 rings (SSSR count). The first-order valence-electron chi connectivity index (χ1n) is 8.09. The summed E-state index contributed by atoms with van der Waals surface area (Å²) in [4.78, 5) is 4.49. The number of rotatable bonds is 8. The number of hydrogen-bond acceptors (Lipinski definition) is 3. The molecule has 0 radical (unpaired) electrons. The van der Waals surface area contributed by atoms with Crippen LogP contribution in [0.5, 0.6) is 0 Å². The van der Waals surface area contributed by atoms with Crippen LogP contribution in [0.15, 0.2) is 17.4 Å². The molecule has 0 saturated heterocycles. The van der Waals surface area contributed by atoms with Crippen molar-refractivity contribution in [2.24, 2.45) is 18.0 Å². The summed E-state index contributed by atoms with van der Waals surface area (Å²) in [5.74, 6) is 1.46. The van der Waals surface area contributed by atoms with Crippen LogP contribution in [0.1, 0.15) is 46.1 Å². The smallest absolute Gasteiger partial charge is 0.191 e. The molecule has 0 aromatic carbocycles. The zero-order valence-corrected chi connectivity index (χ0v) is 17.3. The minimum atomic E-state index is -1.02. The lowest BCUT2D eigenvalue weighted by atomic mass is 10.0. The normalized spacial score (nSPS) is 14.3. The van der Waals surface area contributed by atoms with Crippen molar-refractivity contribution in [3.05, 3.63) is 18.0 Å². The van der Waals surface area contributed by atoms with Crippen LogP contribution < -0.4 is 10.6 Å². The van der Waals surface area contributed by atoms with Gasteiger partial charge in [-0.05, 0) is 32.6 Å². The van der Waals surface area contributed by atoms with Crippen LogP contribution in [0, 0.1) is 5.92 Å². The molecule has 1 aromatic rings. The molecule has 0 fully saturated rings. The van der Waals surface area contributed by atoms with Gasteiger partial charge in [0, 0.05) is 31.9 Å². The number of nitrogens with one attached hydrogen (secondary N) is 2. The van der Waals surface area contributed by atoms with Gasteiger partial charge < -0.3 is 15.7 Å². The molecule has 1 atom stereocenters. The predicted molar refractivity (Wildman–Crippen MR) is 106 cm³/mol. The number of aliphatic hydroxyl groups is 1. The first-order chi connectivity index (χ1) is 10.3. The molecule has 0 saturated carbocycles. The van der Waals surface area contributed by atoms with E-state index in [1.165, 1.54) is 6.42 Å². The standard InChI is InChI=1S/C16H31N5O.HI/c1-6-17-15(18-9-7-8-13(2)3)19-12-16(4,22)14-10-20-21(5)11-14;/h10-11,13,22H,6-9,12H2,1-5H3,(H2,17,18,19);1H. The van der Waals surface area contributed by atoms with E-state index >= 15 is 0 Å². The molecule has 0 aliphatic heterocycles. The van der Waals surface area contributed by atoms with Crippen LogP contribution in [0.4, 0.5) is 0 Å². The largest absolute Gasteiger partial charge is 0.383 e. The van der Waals surface area contributed by atoms with Crippen molar-refractivity contribution in [1.29, 1.82) is 0 Å². The molecule has 0 aliphatic carbocycles. The Hall–Kier alpha value is -0.830. The van der Waals surface area contributed by atoms with Crippen molar-refractivity contribution in [1.82, 2.24) is 20.4 Å². The van der Waals surface area contributed by atoms with Crippen molar-refractivity contribution >= 4 is 29.9 Å². The average molecular weight is 437 g/mol. The fraction of sp³-hybridized carbons (Fsp3) is 0.750. The minimum absolute atomic E-state index is 0. The van der Waals surface area contributed by atoms with Crippen molar-refractivity contribution in [3.8, 4) is 0 Å². The highest BCUT2D eigenvalue weighted by Crippen LogP contribution is 2.19. The van der Waals surface area contributed by atoms with Gasteiger partial charge in [0.2, 0.25) is 0 Å². The van der Waals surface area contributed by atoms with Gasteiger partial charge in [0.15, 0.2) is 5.96 Å². The average Bonchev–Trinajstić information content (AvgIpc) is 2.88. The molecular weight excluding hydrogens is 405 g/mol. The number of aromatic nitrogens is 2. The predicted octanol–water partition coefficient (Wildman–Crippen LogP) is 2.24. The van der Waals surface area contributed by atoms with Crippen LogP contribution >= 0.6 is 24.0 Å². The summed E-state index contributed by atoms with van der Waals surface area (Å²) in [6.07, 6.45) is 5.80. The van der Waals surface area contributed by atoms with Crippen molar-refractivity contribution in [2.45, 2.75) is 46.1 Å². The topological polar surface area (TPSA) is 74.5 Å². The molecule has 3 N–H and O–H groups in total. The number of nitrogens with zero attached hydrogens (tertiary/aromatic N) is 3. The van der Waals surface area contributed by atoms with Crippen LogP contribution in [0.3, 0.4) is 0 Å². The lowest BCUT2D eigenvalue weighted by Gasteiger charge is -2.20. The minimum Gasteiger partial charge on any atom is -0.383 e. The maximum Gasteiger partial charge on any atom is 0.191 e. The Morgan fingerprint density at radius 2 is 2.13 bits per heavy atom. The van der Waals surface area contributed by atoms with Gasteiger partial charge in [-0.2, -0.15) is 5.10 Å². The Labute approximate surface area is 157 Å². The van der Waals surface area contributed by atoms with E-state index < -0.39 is 5.60 Å². The van der Waals surface area contributed by atoms with E-state index in [4.69, 9.17) is 0 Å². The van der Waals surface area contributed by atoms with E-state index in [1.54, 1.807) is 17.8 Å². The SMILES string of the molecule is CCNC(=NCC(C)(O)c1cnn(C)c1)NCCCC(C)C.I. The van der Waals surface area contributed by atoms with Crippen molar-refractivity contribution < 1.29 is 5.11 Å². The molecule has 0 bridgehead atoms. The van der Waals surface area contributed by atoms with E-state index in [9.17, 15) is 5.11 Å². The number of halogens is 1. The lowest BCUT2D eigenvalue weighted by molar-refractivity contribution is 0.0672. The Kier molecular flexibility index (Phi) is 10.5. The molecule has 1 unspecified atom stereocenters. The van der Waals surface area contributed by atoms with E-state index in [0.29, 0.717) is 5.92 Å². The van der Waals surface area contributed by atoms with Gasteiger partial charge in [-0.15, -0.1) is 24.0 Å². The summed E-state index contributed by atoms with van der Waals surface area (Å²) in [5.41, 5.74) is -0.247. The third kappa shape index (κ3) is 8.55. The Bertz CT molecular complexity index is 471. The molecule has 1 heterocycles. The summed E-state index contributed by atoms with van der Waals surface area (Å²) < 4.78 is 1.68. The van der Waals surface area contributed by atoms with E-state index in [0.717, 1.165) is 31.0 Å². The van der Waals surface area contributed by atoms with Gasteiger partial charge in [-0.1, -0.05) is 13.8 Å². The van der Waals surface area contributed by atoms with Crippen LogP contribution in [-0.4, -0.2) is 40.5 Å². The Balaban J connectivity index is 0.00000484. The highest BCUT2D eigenvalue weighted by Gasteiger charge is 2.24. The monoisotopic (exact) mass is 437 g/mol. The molecule has 7 heteroatoms. The van der Waals surface area contributed by atoms with Crippen LogP contribution in [0.2, 0.25) is 0 Å². The Morgan fingerprint density at radius 1 is 1.43 bits per heavy atom. The molecule has 0 amide bonds. The molecule has 6 nitrogen and oxygen atoms in total. The zero-order chi connectivity index (χ0) is 16.6. The number of aryl methyl sites for hydroxylation is 1. The summed E-state index contributed by atoms with van der Waals surface area (Å²) in [5, 5.41) is 21.2. The molecule has 1 aromatic heterocycles. The zero-order valence-electron chi connectivity index (χ0n) is 15.0. The molecule has 23 heavy (non-hydrogen) atoms.